The molecule has 156 valence electrons. The second-order valence-corrected chi connectivity index (χ2v) is 9.97. The molecule has 0 aliphatic carbocycles. The molecule has 0 saturated carbocycles. The maximum Gasteiger partial charge on any atom is 0.242 e. The van der Waals surface area contributed by atoms with E-state index in [1.54, 1.807) is 12.1 Å². The Hall–Kier alpha value is -1.90. The fraction of sp³-hybridized carbons (Fsp3) is 0.0952. The van der Waals surface area contributed by atoms with Crippen molar-refractivity contribution in [1.29, 1.82) is 0 Å². The van der Waals surface area contributed by atoms with Crippen molar-refractivity contribution in [3.63, 3.8) is 0 Å². The average Bonchev–Trinajstić information content (AvgIpc) is 2.67. The number of hydrogen-bond acceptors (Lipinski definition) is 3. The number of amides is 1. The molecule has 0 aliphatic rings. The summed E-state index contributed by atoms with van der Waals surface area (Å²) >= 11 is 15.3. The monoisotopic (exact) mass is 526 g/mol. The number of hydrogen-bond donors (Lipinski definition) is 2. The number of carbonyl (C=O) groups excluding carboxylic acids is 1. The van der Waals surface area contributed by atoms with Gasteiger partial charge in [0.25, 0.3) is 0 Å². The number of halogens is 3. The van der Waals surface area contributed by atoms with E-state index in [1.165, 1.54) is 30.3 Å². The van der Waals surface area contributed by atoms with E-state index in [0.29, 0.717) is 15.7 Å². The Labute approximate surface area is 193 Å². The van der Waals surface area contributed by atoms with Crippen LogP contribution in [-0.2, 0) is 21.2 Å². The Morgan fingerprint density at radius 2 is 1.53 bits per heavy atom. The number of rotatable bonds is 7. The zero-order valence-electron chi connectivity index (χ0n) is 15.5. The Kier molecular flexibility index (Phi) is 7.55. The lowest BCUT2D eigenvalue weighted by molar-refractivity contribution is -0.117. The minimum absolute atomic E-state index is 0.0577. The van der Waals surface area contributed by atoms with Crippen molar-refractivity contribution in [3.05, 3.63) is 92.9 Å². The summed E-state index contributed by atoms with van der Waals surface area (Å²) in [5.74, 6) is -0.530. The van der Waals surface area contributed by atoms with Crippen LogP contribution in [0.5, 0.6) is 0 Å². The summed E-state index contributed by atoms with van der Waals surface area (Å²) in [6, 6.07) is 18.9. The quantitative estimate of drug-likeness (QED) is 0.438. The number of nitrogens with one attached hydrogen (secondary N) is 2. The predicted molar refractivity (Wildman–Crippen MR) is 123 cm³/mol. The van der Waals surface area contributed by atoms with Crippen LogP contribution in [0.2, 0.25) is 10.0 Å². The van der Waals surface area contributed by atoms with Crippen LogP contribution in [-0.4, -0.2) is 20.4 Å². The van der Waals surface area contributed by atoms with E-state index < -0.39 is 22.0 Å². The lowest BCUT2D eigenvalue weighted by atomic mass is 10.1. The van der Waals surface area contributed by atoms with Crippen LogP contribution in [0.1, 0.15) is 5.56 Å². The van der Waals surface area contributed by atoms with Gasteiger partial charge >= 0.3 is 0 Å². The molecule has 0 bridgehead atoms. The largest absolute Gasteiger partial charge is 0.325 e. The van der Waals surface area contributed by atoms with Gasteiger partial charge in [-0.3, -0.25) is 4.79 Å². The summed E-state index contributed by atoms with van der Waals surface area (Å²) in [4.78, 5) is 13.0. The molecule has 0 aliphatic heterocycles. The van der Waals surface area contributed by atoms with E-state index in [1.807, 2.05) is 30.3 Å². The first-order valence-electron chi connectivity index (χ1n) is 8.82. The van der Waals surface area contributed by atoms with E-state index in [-0.39, 0.29) is 11.3 Å². The number of carbonyl (C=O) groups is 1. The van der Waals surface area contributed by atoms with E-state index in [0.717, 1.165) is 10.0 Å². The lowest BCUT2D eigenvalue weighted by Crippen LogP contribution is -2.45. The fourth-order valence-corrected chi connectivity index (χ4v) is 4.75. The highest BCUT2D eigenvalue weighted by Gasteiger charge is 2.26. The van der Waals surface area contributed by atoms with Gasteiger partial charge in [0.1, 0.15) is 6.04 Å². The fourth-order valence-electron chi connectivity index (χ4n) is 2.76. The van der Waals surface area contributed by atoms with Crippen LogP contribution in [0, 0.1) is 0 Å². The minimum atomic E-state index is -3.93. The maximum absolute atomic E-state index is 13.0. The third kappa shape index (κ3) is 6.30. The summed E-state index contributed by atoms with van der Waals surface area (Å²) < 4.78 is 29.0. The Balaban J connectivity index is 1.87. The highest BCUT2D eigenvalue weighted by Crippen LogP contribution is 2.23. The summed E-state index contributed by atoms with van der Waals surface area (Å²) in [5.41, 5.74) is 1.18. The molecule has 1 atom stereocenters. The smallest absolute Gasteiger partial charge is 0.242 e. The van der Waals surface area contributed by atoms with Crippen molar-refractivity contribution in [2.75, 3.05) is 5.32 Å². The second kappa shape index (κ2) is 9.94. The van der Waals surface area contributed by atoms with Crippen LogP contribution >= 0.6 is 39.1 Å². The standard InChI is InChI=1S/C21H17BrCl2N2O3S/c22-15-6-8-19(9-7-15)30(28,29)26-20(10-14-4-2-1-3-5-14)21(27)25-18-12-16(23)11-17(24)13-18/h1-9,11-13,20,26H,10H2,(H,25,27)/t20-/m1/s1. The maximum atomic E-state index is 13.0. The molecule has 0 radical (unpaired) electrons. The Morgan fingerprint density at radius 1 is 0.933 bits per heavy atom. The third-order valence-corrected chi connectivity index (χ3v) is 6.60. The van der Waals surface area contributed by atoms with E-state index in [2.05, 4.69) is 26.0 Å². The first-order valence-corrected chi connectivity index (χ1v) is 11.8. The average molecular weight is 528 g/mol. The van der Waals surface area contributed by atoms with Crippen LogP contribution in [0.15, 0.2) is 82.2 Å². The van der Waals surface area contributed by atoms with Gasteiger partial charge in [-0.2, -0.15) is 4.72 Å². The van der Waals surface area contributed by atoms with Crippen molar-refractivity contribution in [2.45, 2.75) is 17.4 Å². The summed E-state index contributed by atoms with van der Waals surface area (Å²) in [7, 11) is -3.93. The van der Waals surface area contributed by atoms with E-state index in [4.69, 9.17) is 23.2 Å². The molecule has 0 spiro atoms. The van der Waals surface area contributed by atoms with Crippen molar-refractivity contribution < 1.29 is 13.2 Å². The topological polar surface area (TPSA) is 75.3 Å². The summed E-state index contributed by atoms with van der Waals surface area (Å²) in [6.07, 6.45) is 0.163. The number of benzene rings is 3. The molecule has 0 saturated heterocycles. The Morgan fingerprint density at radius 3 is 2.13 bits per heavy atom. The summed E-state index contributed by atoms with van der Waals surface area (Å²) in [6.45, 7) is 0. The molecule has 3 rings (SSSR count). The first kappa shape index (κ1) is 22.8. The van der Waals surface area contributed by atoms with Gasteiger partial charge in [0, 0.05) is 20.2 Å². The van der Waals surface area contributed by atoms with Gasteiger partial charge in [-0.05, 0) is 54.4 Å². The molecule has 3 aromatic carbocycles. The lowest BCUT2D eigenvalue weighted by Gasteiger charge is -2.19. The van der Waals surface area contributed by atoms with Crippen molar-refractivity contribution in [3.8, 4) is 0 Å². The summed E-state index contributed by atoms with van der Waals surface area (Å²) in [5, 5.41) is 3.39. The molecule has 3 aromatic rings. The van der Waals surface area contributed by atoms with Crippen LogP contribution < -0.4 is 10.0 Å². The highest BCUT2D eigenvalue weighted by molar-refractivity contribution is 9.10. The van der Waals surface area contributed by atoms with Gasteiger partial charge in [-0.1, -0.05) is 69.5 Å². The molecule has 30 heavy (non-hydrogen) atoms. The second-order valence-electron chi connectivity index (χ2n) is 6.46. The molecule has 0 heterocycles. The molecule has 9 heteroatoms. The molecule has 1 amide bonds. The normalized spacial score (nSPS) is 12.4. The zero-order valence-corrected chi connectivity index (χ0v) is 19.4. The highest BCUT2D eigenvalue weighted by atomic mass is 79.9. The zero-order chi connectivity index (χ0) is 21.7. The number of anilines is 1. The molecular weight excluding hydrogens is 511 g/mol. The Bertz CT molecular complexity index is 1120. The first-order chi connectivity index (χ1) is 14.2. The van der Waals surface area contributed by atoms with Crippen LogP contribution in [0.3, 0.4) is 0 Å². The SMILES string of the molecule is O=C(Nc1cc(Cl)cc(Cl)c1)[C@@H](Cc1ccccc1)NS(=O)(=O)c1ccc(Br)cc1. The molecule has 0 fully saturated rings. The van der Waals surface area contributed by atoms with Crippen molar-refractivity contribution in [2.24, 2.45) is 0 Å². The molecule has 5 nitrogen and oxygen atoms in total. The molecular formula is C21H17BrCl2N2O3S. The van der Waals surface area contributed by atoms with Crippen molar-refractivity contribution >= 4 is 60.7 Å². The molecule has 0 aromatic heterocycles. The minimum Gasteiger partial charge on any atom is -0.325 e. The molecule has 2 N–H and O–H groups in total. The van der Waals surface area contributed by atoms with E-state index in [9.17, 15) is 13.2 Å². The van der Waals surface area contributed by atoms with Gasteiger partial charge < -0.3 is 5.32 Å². The molecule has 0 unspecified atom stereocenters. The predicted octanol–water partition coefficient (Wildman–Crippen LogP) is 5.28. The van der Waals surface area contributed by atoms with Crippen molar-refractivity contribution in [1.82, 2.24) is 4.72 Å². The van der Waals surface area contributed by atoms with Gasteiger partial charge in [0.05, 0.1) is 4.90 Å². The third-order valence-electron chi connectivity index (χ3n) is 4.15. The van der Waals surface area contributed by atoms with E-state index >= 15 is 0 Å². The van der Waals surface area contributed by atoms with Crippen LogP contribution in [0.25, 0.3) is 0 Å². The van der Waals surface area contributed by atoms with Gasteiger partial charge in [-0.25, -0.2) is 8.42 Å². The van der Waals surface area contributed by atoms with Crippen LogP contribution in [0.4, 0.5) is 5.69 Å². The number of sulfonamides is 1. The van der Waals surface area contributed by atoms with Gasteiger partial charge in [0.2, 0.25) is 15.9 Å². The van der Waals surface area contributed by atoms with Gasteiger partial charge in [0.15, 0.2) is 0 Å². The van der Waals surface area contributed by atoms with Gasteiger partial charge in [-0.15, -0.1) is 0 Å².